The molecule has 22 heavy (non-hydrogen) atoms. The highest BCUT2D eigenvalue weighted by molar-refractivity contribution is 9.10. The van der Waals surface area contributed by atoms with Gasteiger partial charge in [0.1, 0.15) is 5.75 Å². The predicted octanol–water partition coefficient (Wildman–Crippen LogP) is 5.19. The van der Waals surface area contributed by atoms with Crippen LogP contribution in [-0.2, 0) is 0 Å². The zero-order valence-corrected chi connectivity index (χ0v) is 14.3. The molecule has 0 aliphatic carbocycles. The van der Waals surface area contributed by atoms with Gasteiger partial charge in [-0.05, 0) is 42.3 Å². The van der Waals surface area contributed by atoms with Crippen LogP contribution in [0.25, 0.3) is 22.1 Å². The highest BCUT2D eigenvalue weighted by atomic mass is 79.9. The average Bonchev–Trinajstić information content (AvgIpc) is 2.49. The number of benzene rings is 2. The minimum Gasteiger partial charge on any atom is -0.497 e. The monoisotopic (exact) mass is 378 g/mol. The van der Waals surface area contributed by atoms with Crippen LogP contribution in [0.2, 0.25) is 5.02 Å². The maximum atomic E-state index is 12.4. The zero-order valence-electron chi connectivity index (χ0n) is 11.9. The molecule has 2 aromatic carbocycles. The molecular formula is C17H12BrClO3. The van der Waals surface area contributed by atoms with Crippen molar-refractivity contribution in [2.75, 3.05) is 7.11 Å². The zero-order chi connectivity index (χ0) is 15.9. The first-order valence-corrected chi connectivity index (χ1v) is 7.75. The molecule has 0 radical (unpaired) electrons. The molecule has 0 amide bonds. The van der Waals surface area contributed by atoms with Gasteiger partial charge in [0.15, 0.2) is 5.58 Å². The van der Waals surface area contributed by atoms with Crippen LogP contribution >= 0.6 is 27.5 Å². The summed E-state index contributed by atoms with van der Waals surface area (Å²) in [7, 11) is 1.60. The van der Waals surface area contributed by atoms with Crippen molar-refractivity contribution in [2.24, 2.45) is 0 Å². The van der Waals surface area contributed by atoms with E-state index in [1.54, 1.807) is 13.2 Å². The van der Waals surface area contributed by atoms with Crippen molar-refractivity contribution in [3.63, 3.8) is 0 Å². The second kappa shape index (κ2) is 5.78. The van der Waals surface area contributed by atoms with Crippen LogP contribution in [0.15, 0.2) is 50.1 Å². The Hall–Kier alpha value is -1.78. The van der Waals surface area contributed by atoms with Gasteiger partial charge in [0.05, 0.1) is 17.7 Å². The van der Waals surface area contributed by atoms with Crippen molar-refractivity contribution in [1.82, 2.24) is 0 Å². The normalized spacial score (nSPS) is 10.9. The third-order valence-electron chi connectivity index (χ3n) is 3.56. The van der Waals surface area contributed by atoms with E-state index in [9.17, 15) is 4.79 Å². The van der Waals surface area contributed by atoms with Gasteiger partial charge in [-0.2, -0.15) is 0 Å². The molecule has 3 aromatic rings. The Morgan fingerprint density at radius 2 is 1.86 bits per heavy atom. The van der Waals surface area contributed by atoms with Crippen LogP contribution in [0.1, 0.15) is 5.56 Å². The molecule has 1 heterocycles. The van der Waals surface area contributed by atoms with Crippen LogP contribution in [0.5, 0.6) is 5.75 Å². The Labute approximate surface area is 140 Å². The average molecular weight is 380 g/mol. The van der Waals surface area contributed by atoms with Gasteiger partial charge >= 0.3 is 5.63 Å². The SMILES string of the molecule is COc1ccc(-c2c(C)c3cc(Br)cc(Cl)c3oc2=O)cc1. The molecule has 112 valence electrons. The quantitative estimate of drug-likeness (QED) is 0.575. The van der Waals surface area contributed by atoms with Crippen molar-refractivity contribution in [3.05, 3.63) is 61.9 Å². The topological polar surface area (TPSA) is 39.4 Å². The number of halogens is 2. The fraction of sp³-hybridized carbons (Fsp3) is 0.118. The maximum absolute atomic E-state index is 12.4. The molecule has 0 unspecified atom stereocenters. The Morgan fingerprint density at radius 1 is 1.18 bits per heavy atom. The number of aryl methyl sites for hydroxylation is 1. The van der Waals surface area contributed by atoms with Gasteiger partial charge < -0.3 is 9.15 Å². The Morgan fingerprint density at radius 3 is 2.50 bits per heavy atom. The van der Waals surface area contributed by atoms with Crippen molar-refractivity contribution >= 4 is 38.5 Å². The second-order valence-electron chi connectivity index (χ2n) is 4.88. The summed E-state index contributed by atoms with van der Waals surface area (Å²) in [6, 6.07) is 10.9. The largest absolute Gasteiger partial charge is 0.497 e. The first-order chi connectivity index (χ1) is 10.5. The highest BCUT2D eigenvalue weighted by Crippen LogP contribution is 2.33. The van der Waals surface area contributed by atoms with Gasteiger partial charge in [0.2, 0.25) is 0 Å². The fourth-order valence-corrected chi connectivity index (χ4v) is 3.31. The molecule has 0 bridgehead atoms. The maximum Gasteiger partial charge on any atom is 0.344 e. The lowest BCUT2D eigenvalue weighted by Gasteiger charge is -2.10. The van der Waals surface area contributed by atoms with Gasteiger partial charge in [-0.25, -0.2) is 4.79 Å². The van der Waals surface area contributed by atoms with Gasteiger partial charge in [-0.3, -0.25) is 0 Å². The summed E-state index contributed by atoms with van der Waals surface area (Å²) in [6.45, 7) is 1.89. The third kappa shape index (κ3) is 2.53. The summed E-state index contributed by atoms with van der Waals surface area (Å²) < 4.78 is 11.4. The molecule has 1 aromatic heterocycles. The molecule has 0 saturated carbocycles. The number of ether oxygens (including phenoxy) is 1. The van der Waals surface area contributed by atoms with Crippen LogP contribution in [0.3, 0.4) is 0 Å². The van der Waals surface area contributed by atoms with Crippen molar-refractivity contribution in [1.29, 1.82) is 0 Å². The van der Waals surface area contributed by atoms with E-state index in [0.29, 0.717) is 16.2 Å². The molecule has 5 heteroatoms. The van der Waals surface area contributed by atoms with E-state index in [0.717, 1.165) is 26.7 Å². The van der Waals surface area contributed by atoms with E-state index in [1.807, 2.05) is 37.3 Å². The fourth-order valence-electron chi connectivity index (χ4n) is 2.47. The number of fused-ring (bicyclic) bond motifs is 1. The second-order valence-corrected chi connectivity index (χ2v) is 6.21. The lowest BCUT2D eigenvalue weighted by Crippen LogP contribution is -2.06. The van der Waals surface area contributed by atoms with Crippen LogP contribution in [0.4, 0.5) is 0 Å². The van der Waals surface area contributed by atoms with Crippen molar-refractivity contribution < 1.29 is 9.15 Å². The summed E-state index contributed by atoms with van der Waals surface area (Å²) in [6.07, 6.45) is 0. The number of hydrogen-bond acceptors (Lipinski definition) is 3. The molecule has 0 atom stereocenters. The standard InChI is InChI=1S/C17H12BrClO3/c1-9-13-7-11(18)8-14(19)16(13)22-17(20)15(9)10-3-5-12(21-2)6-4-10/h3-8H,1-2H3. The molecule has 0 spiro atoms. The highest BCUT2D eigenvalue weighted by Gasteiger charge is 2.15. The van der Waals surface area contributed by atoms with E-state index < -0.39 is 5.63 Å². The van der Waals surface area contributed by atoms with E-state index in [2.05, 4.69) is 15.9 Å². The first kappa shape index (κ1) is 15.1. The lowest BCUT2D eigenvalue weighted by molar-refractivity contribution is 0.415. The van der Waals surface area contributed by atoms with Crippen LogP contribution < -0.4 is 10.4 Å². The molecule has 0 fully saturated rings. The predicted molar refractivity (Wildman–Crippen MR) is 91.9 cm³/mol. The van der Waals surface area contributed by atoms with Crippen molar-refractivity contribution in [3.8, 4) is 16.9 Å². The minimum absolute atomic E-state index is 0.403. The first-order valence-electron chi connectivity index (χ1n) is 6.58. The molecule has 0 saturated heterocycles. The minimum atomic E-state index is -0.403. The van der Waals surface area contributed by atoms with Gasteiger partial charge in [0, 0.05) is 9.86 Å². The van der Waals surface area contributed by atoms with Gasteiger partial charge in [-0.1, -0.05) is 39.7 Å². The summed E-state index contributed by atoms with van der Waals surface area (Å²) in [5, 5.41) is 1.22. The Bertz CT molecular complexity index is 914. The summed E-state index contributed by atoms with van der Waals surface area (Å²) in [5.74, 6) is 0.734. The van der Waals surface area contributed by atoms with Gasteiger partial charge in [-0.15, -0.1) is 0 Å². The third-order valence-corrected chi connectivity index (χ3v) is 4.30. The molecule has 3 rings (SSSR count). The summed E-state index contributed by atoms with van der Waals surface area (Å²) in [5.41, 5.74) is 2.15. The lowest BCUT2D eigenvalue weighted by atomic mass is 9.99. The van der Waals surface area contributed by atoms with Gasteiger partial charge in [0.25, 0.3) is 0 Å². The van der Waals surface area contributed by atoms with Crippen molar-refractivity contribution in [2.45, 2.75) is 6.92 Å². The molecule has 3 nitrogen and oxygen atoms in total. The Balaban J connectivity index is 2.32. The molecule has 0 aliphatic rings. The van der Waals surface area contributed by atoms with E-state index in [4.69, 9.17) is 20.8 Å². The van der Waals surface area contributed by atoms with E-state index >= 15 is 0 Å². The van der Waals surface area contributed by atoms with E-state index in [-0.39, 0.29) is 0 Å². The number of hydrogen-bond donors (Lipinski definition) is 0. The van der Waals surface area contributed by atoms with Crippen LogP contribution in [0, 0.1) is 6.92 Å². The summed E-state index contributed by atoms with van der Waals surface area (Å²) in [4.78, 5) is 12.4. The number of methoxy groups -OCH3 is 1. The smallest absolute Gasteiger partial charge is 0.344 e. The van der Waals surface area contributed by atoms with E-state index in [1.165, 1.54) is 0 Å². The molecule has 0 aliphatic heterocycles. The Kier molecular flexibility index (Phi) is 3.98. The summed E-state index contributed by atoms with van der Waals surface area (Å²) >= 11 is 9.58. The molecular weight excluding hydrogens is 368 g/mol. The molecule has 0 N–H and O–H groups in total. The van der Waals surface area contributed by atoms with Crippen LogP contribution in [-0.4, -0.2) is 7.11 Å². The number of rotatable bonds is 2.